The second-order valence-corrected chi connectivity index (χ2v) is 5.45. The molecule has 0 aliphatic carbocycles. The molecular weight excluding hydrogens is 260 g/mol. The number of aliphatic hydroxyl groups is 1. The molecule has 0 spiro atoms. The average molecular weight is 276 g/mol. The first-order valence-electron chi connectivity index (χ1n) is 5.31. The summed E-state index contributed by atoms with van der Waals surface area (Å²) in [6, 6.07) is 2.37. The van der Waals surface area contributed by atoms with E-state index in [2.05, 4.69) is 4.98 Å². The van der Waals surface area contributed by atoms with Crippen molar-refractivity contribution in [2.45, 2.75) is 4.90 Å². The molecule has 0 aliphatic heterocycles. The molecule has 2 N–H and O–H groups in total. The molecular formula is C10H16N2O5S. The van der Waals surface area contributed by atoms with Crippen LogP contribution in [0.3, 0.4) is 0 Å². The SMILES string of the molecule is COCCN(CCO)S(=O)(=O)c1ccc(=O)[nH]c1. The van der Waals surface area contributed by atoms with Crippen LogP contribution in [0.15, 0.2) is 28.0 Å². The highest BCUT2D eigenvalue weighted by atomic mass is 32.2. The van der Waals surface area contributed by atoms with Gasteiger partial charge in [-0.1, -0.05) is 0 Å². The van der Waals surface area contributed by atoms with Crippen LogP contribution in [0.1, 0.15) is 0 Å². The summed E-state index contributed by atoms with van der Waals surface area (Å²) in [6.07, 6.45) is 1.13. The number of nitrogens with zero attached hydrogens (tertiary/aromatic N) is 1. The Hall–Kier alpha value is -1.22. The van der Waals surface area contributed by atoms with Crippen LogP contribution < -0.4 is 5.56 Å². The van der Waals surface area contributed by atoms with Crippen molar-refractivity contribution in [3.05, 3.63) is 28.7 Å². The lowest BCUT2D eigenvalue weighted by atomic mass is 10.5. The lowest BCUT2D eigenvalue weighted by Gasteiger charge is -2.20. The van der Waals surface area contributed by atoms with Gasteiger partial charge in [0, 0.05) is 32.5 Å². The van der Waals surface area contributed by atoms with Crippen molar-refractivity contribution in [1.29, 1.82) is 0 Å². The summed E-state index contributed by atoms with van der Waals surface area (Å²) in [5.74, 6) is 0. The molecule has 0 unspecified atom stereocenters. The van der Waals surface area contributed by atoms with Gasteiger partial charge in [0.25, 0.3) is 0 Å². The quantitative estimate of drug-likeness (QED) is 0.665. The van der Waals surface area contributed by atoms with Crippen LogP contribution in [0, 0.1) is 0 Å². The number of pyridine rings is 1. The Morgan fingerprint density at radius 1 is 1.39 bits per heavy atom. The van der Waals surface area contributed by atoms with Gasteiger partial charge in [-0.25, -0.2) is 8.42 Å². The van der Waals surface area contributed by atoms with Gasteiger partial charge in [-0.05, 0) is 6.07 Å². The van der Waals surface area contributed by atoms with Gasteiger partial charge in [0.1, 0.15) is 0 Å². The smallest absolute Gasteiger partial charge is 0.247 e. The van der Waals surface area contributed by atoms with E-state index in [0.29, 0.717) is 0 Å². The number of aromatic nitrogens is 1. The third kappa shape index (κ3) is 3.64. The molecule has 1 aromatic heterocycles. The minimum atomic E-state index is -3.73. The molecule has 0 atom stereocenters. The Kier molecular flexibility index (Phi) is 5.48. The summed E-state index contributed by atoms with van der Waals surface area (Å²) in [7, 11) is -2.27. The van der Waals surface area contributed by atoms with Gasteiger partial charge >= 0.3 is 0 Å². The second-order valence-electron chi connectivity index (χ2n) is 3.51. The molecule has 0 saturated heterocycles. The summed E-state index contributed by atoms with van der Waals surface area (Å²) in [5.41, 5.74) is -0.375. The molecule has 0 amide bonds. The standard InChI is InChI=1S/C10H16N2O5S/c1-17-7-5-12(4-6-13)18(15,16)9-2-3-10(14)11-8-9/h2-3,8,13H,4-7H2,1H3,(H,11,14). The predicted octanol–water partition coefficient (Wildman–Crippen LogP) is -0.996. The molecule has 1 rings (SSSR count). The largest absolute Gasteiger partial charge is 0.395 e. The molecule has 0 saturated carbocycles. The molecule has 8 heteroatoms. The summed E-state index contributed by atoms with van der Waals surface area (Å²) < 4.78 is 30.3. The van der Waals surface area contributed by atoms with E-state index in [1.807, 2.05) is 0 Å². The van der Waals surface area contributed by atoms with Crippen molar-refractivity contribution in [2.24, 2.45) is 0 Å². The van der Waals surface area contributed by atoms with Crippen molar-refractivity contribution in [3.63, 3.8) is 0 Å². The first kappa shape index (κ1) is 14.8. The molecule has 0 fully saturated rings. The molecule has 0 aliphatic rings. The Morgan fingerprint density at radius 3 is 2.61 bits per heavy atom. The zero-order valence-corrected chi connectivity index (χ0v) is 10.8. The molecule has 7 nitrogen and oxygen atoms in total. The molecule has 0 bridgehead atoms. The summed E-state index contributed by atoms with van der Waals surface area (Å²) in [4.78, 5) is 13.2. The number of ether oxygens (including phenoxy) is 1. The number of H-pyrrole nitrogens is 1. The maximum atomic E-state index is 12.2. The molecule has 0 aromatic carbocycles. The van der Waals surface area contributed by atoms with Crippen molar-refractivity contribution >= 4 is 10.0 Å². The fourth-order valence-electron chi connectivity index (χ4n) is 1.36. The number of aromatic amines is 1. The van der Waals surface area contributed by atoms with Gasteiger partial charge in [0.2, 0.25) is 15.6 Å². The van der Waals surface area contributed by atoms with Crippen LogP contribution in [0.4, 0.5) is 0 Å². The summed E-state index contributed by atoms with van der Waals surface area (Å²) in [5, 5.41) is 8.89. The van der Waals surface area contributed by atoms with Crippen LogP contribution >= 0.6 is 0 Å². The number of aliphatic hydroxyl groups excluding tert-OH is 1. The summed E-state index contributed by atoms with van der Waals surface area (Å²) >= 11 is 0. The van der Waals surface area contributed by atoms with E-state index in [9.17, 15) is 13.2 Å². The van der Waals surface area contributed by atoms with Gasteiger partial charge in [-0.3, -0.25) is 4.79 Å². The van der Waals surface area contributed by atoms with E-state index in [1.54, 1.807) is 0 Å². The van der Waals surface area contributed by atoms with Gasteiger partial charge in [0.15, 0.2) is 0 Å². The second kappa shape index (κ2) is 6.64. The highest BCUT2D eigenvalue weighted by Crippen LogP contribution is 2.12. The minimum absolute atomic E-state index is 0.0216. The van der Waals surface area contributed by atoms with Crippen LogP contribution in [0.5, 0.6) is 0 Å². The van der Waals surface area contributed by atoms with E-state index in [-0.39, 0.29) is 36.8 Å². The normalized spacial score (nSPS) is 11.9. The maximum absolute atomic E-state index is 12.2. The van der Waals surface area contributed by atoms with Crippen LogP contribution in [-0.2, 0) is 14.8 Å². The van der Waals surface area contributed by atoms with E-state index in [0.717, 1.165) is 16.6 Å². The average Bonchev–Trinajstić information content (AvgIpc) is 2.35. The number of hydrogen-bond acceptors (Lipinski definition) is 5. The highest BCUT2D eigenvalue weighted by molar-refractivity contribution is 7.89. The zero-order chi connectivity index (χ0) is 13.6. The predicted molar refractivity (Wildman–Crippen MR) is 64.8 cm³/mol. The lowest BCUT2D eigenvalue weighted by Crippen LogP contribution is -2.36. The number of methoxy groups -OCH3 is 1. The zero-order valence-electron chi connectivity index (χ0n) is 10.00. The molecule has 102 valence electrons. The van der Waals surface area contributed by atoms with Crippen molar-refractivity contribution in [2.75, 3.05) is 33.4 Å². The Morgan fingerprint density at radius 2 is 2.11 bits per heavy atom. The van der Waals surface area contributed by atoms with E-state index >= 15 is 0 Å². The van der Waals surface area contributed by atoms with Gasteiger partial charge in [0.05, 0.1) is 18.1 Å². The van der Waals surface area contributed by atoms with Crippen LogP contribution in [0.2, 0.25) is 0 Å². The van der Waals surface area contributed by atoms with Gasteiger partial charge in [-0.2, -0.15) is 4.31 Å². The number of hydrogen-bond donors (Lipinski definition) is 2. The monoisotopic (exact) mass is 276 g/mol. The Bertz CT molecular complexity index is 505. The third-order valence-corrected chi connectivity index (χ3v) is 4.18. The van der Waals surface area contributed by atoms with Crippen molar-refractivity contribution < 1.29 is 18.3 Å². The van der Waals surface area contributed by atoms with Crippen molar-refractivity contribution in [3.8, 4) is 0 Å². The van der Waals surface area contributed by atoms with Crippen LogP contribution in [0.25, 0.3) is 0 Å². The van der Waals surface area contributed by atoms with Crippen LogP contribution in [-0.4, -0.2) is 56.2 Å². The minimum Gasteiger partial charge on any atom is -0.395 e. The van der Waals surface area contributed by atoms with E-state index in [4.69, 9.17) is 9.84 Å². The van der Waals surface area contributed by atoms with E-state index < -0.39 is 10.0 Å². The Balaban J connectivity index is 3.00. The number of nitrogens with one attached hydrogen (secondary N) is 1. The first-order valence-corrected chi connectivity index (χ1v) is 6.75. The van der Waals surface area contributed by atoms with Gasteiger partial charge in [-0.15, -0.1) is 0 Å². The fourth-order valence-corrected chi connectivity index (χ4v) is 2.75. The summed E-state index contributed by atoms with van der Waals surface area (Å²) in [6.45, 7) is 0.0538. The third-order valence-electron chi connectivity index (χ3n) is 2.29. The van der Waals surface area contributed by atoms with E-state index in [1.165, 1.54) is 13.2 Å². The number of rotatable bonds is 7. The lowest BCUT2D eigenvalue weighted by molar-refractivity contribution is 0.168. The first-order chi connectivity index (χ1) is 8.52. The topological polar surface area (TPSA) is 99.7 Å². The number of sulfonamides is 1. The fraction of sp³-hybridized carbons (Fsp3) is 0.500. The highest BCUT2D eigenvalue weighted by Gasteiger charge is 2.23. The Labute approximate surface area is 105 Å². The van der Waals surface area contributed by atoms with Gasteiger partial charge < -0.3 is 14.8 Å². The maximum Gasteiger partial charge on any atom is 0.247 e. The molecule has 18 heavy (non-hydrogen) atoms. The molecule has 0 radical (unpaired) electrons. The molecule has 1 heterocycles. The van der Waals surface area contributed by atoms with Crippen molar-refractivity contribution in [1.82, 2.24) is 9.29 Å². The molecule has 1 aromatic rings.